The number of hydrogen-bond acceptors (Lipinski definition) is 2. The van der Waals surface area contributed by atoms with Gasteiger partial charge in [0, 0.05) is 12.8 Å². The van der Waals surface area contributed by atoms with Crippen molar-refractivity contribution in [3.63, 3.8) is 0 Å². The molecule has 0 unspecified atom stereocenters. The van der Waals surface area contributed by atoms with Gasteiger partial charge in [0.1, 0.15) is 5.78 Å². The minimum Gasteiger partial charge on any atom is -0.389 e. The van der Waals surface area contributed by atoms with Crippen LogP contribution in [0.25, 0.3) is 0 Å². The molecule has 0 aliphatic heterocycles. The molecule has 0 radical (unpaired) electrons. The molecule has 0 amide bonds. The molecule has 2 nitrogen and oxygen atoms in total. The van der Waals surface area contributed by atoms with Gasteiger partial charge in [-0.2, -0.15) is 0 Å². The molecular weight excluding hydrogens is 176 g/mol. The molecule has 80 valence electrons. The smallest absolute Gasteiger partial charge is 0.135 e. The number of Topliss-reactive ketones (excluding diaryl/α,β-unsaturated/α-hetero) is 1. The lowest BCUT2D eigenvalue weighted by molar-refractivity contribution is -0.152. The Morgan fingerprint density at radius 1 is 1.29 bits per heavy atom. The third-order valence-electron chi connectivity index (χ3n) is 4.57. The van der Waals surface area contributed by atoms with Gasteiger partial charge in [-0.25, -0.2) is 0 Å². The number of aliphatic hydroxyl groups is 1. The van der Waals surface area contributed by atoms with Crippen LogP contribution in [0.5, 0.6) is 0 Å². The molecule has 14 heavy (non-hydrogen) atoms. The number of fused-ring (bicyclic) bond motifs is 1. The summed E-state index contributed by atoms with van der Waals surface area (Å²) in [6.45, 7) is 4.30. The highest BCUT2D eigenvalue weighted by atomic mass is 16.3. The largest absolute Gasteiger partial charge is 0.389 e. The molecule has 2 aliphatic rings. The van der Waals surface area contributed by atoms with Crippen molar-refractivity contribution in [2.24, 2.45) is 17.8 Å². The van der Waals surface area contributed by atoms with Crippen molar-refractivity contribution in [1.29, 1.82) is 0 Å². The molecule has 0 aromatic heterocycles. The maximum absolute atomic E-state index is 11.4. The van der Waals surface area contributed by atoms with E-state index in [-0.39, 0.29) is 11.7 Å². The minimum absolute atomic E-state index is 0.254. The van der Waals surface area contributed by atoms with Gasteiger partial charge in [-0.3, -0.25) is 4.79 Å². The van der Waals surface area contributed by atoms with Crippen molar-refractivity contribution in [1.82, 2.24) is 0 Å². The van der Waals surface area contributed by atoms with E-state index in [1.807, 2.05) is 0 Å². The van der Waals surface area contributed by atoms with E-state index in [4.69, 9.17) is 0 Å². The first-order valence-corrected chi connectivity index (χ1v) is 5.78. The number of hydrogen-bond donors (Lipinski definition) is 1. The standard InChI is InChI=1S/C12H20O2/c1-8-3-4-10-5-6-11(13)7-12(10,14)9(8)2/h8-10,14H,3-7H2,1-2H3/t8-,9+,10+,12+/m1/s1. The second kappa shape index (κ2) is 3.34. The SMILES string of the molecule is C[C@@H]1CC[C@H]2CCC(=O)C[C@]2(O)[C@H]1C. The Kier molecular flexibility index (Phi) is 2.42. The third-order valence-corrected chi connectivity index (χ3v) is 4.57. The molecule has 2 fully saturated rings. The summed E-state index contributed by atoms with van der Waals surface area (Å²) in [7, 11) is 0. The van der Waals surface area contributed by atoms with Crippen molar-refractivity contribution in [3.8, 4) is 0 Å². The number of rotatable bonds is 0. The quantitative estimate of drug-likeness (QED) is 0.644. The van der Waals surface area contributed by atoms with Crippen molar-refractivity contribution >= 4 is 5.78 Å². The van der Waals surface area contributed by atoms with Crippen LogP contribution in [0.3, 0.4) is 0 Å². The van der Waals surface area contributed by atoms with Gasteiger partial charge in [0.2, 0.25) is 0 Å². The molecule has 0 heterocycles. The van der Waals surface area contributed by atoms with Gasteiger partial charge in [-0.1, -0.05) is 13.8 Å². The summed E-state index contributed by atoms with van der Waals surface area (Å²) in [5, 5.41) is 10.6. The van der Waals surface area contributed by atoms with Crippen LogP contribution in [0.4, 0.5) is 0 Å². The first-order valence-electron chi connectivity index (χ1n) is 5.78. The van der Waals surface area contributed by atoms with Crippen LogP contribution in [0.2, 0.25) is 0 Å². The normalized spacial score (nSPS) is 48.8. The summed E-state index contributed by atoms with van der Waals surface area (Å²) in [6.07, 6.45) is 4.32. The summed E-state index contributed by atoms with van der Waals surface area (Å²) in [4.78, 5) is 11.4. The summed E-state index contributed by atoms with van der Waals surface area (Å²) in [6, 6.07) is 0. The molecule has 2 heteroatoms. The van der Waals surface area contributed by atoms with Crippen LogP contribution in [0.15, 0.2) is 0 Å². The molecule has 2 aliphatic carbocycles. The van der Waals surface area contributed by atoms with Gasteiger partial charge in [-0.05, 0) is 37.0 Å². The second-order valence-corrected chi connectivity index (χ2v) is 5.29. The van der Waals surface area contributed by atoms with Crippen LogP contribution in [0, 0.1) is 17.8 Å². The van der Waals surface area contributed by atoms with Crippen LogP contribution < -0.4 is 0 Å². The van der Waals surface area contributed by atoms with Crippen molar-refractivity contribution in [2.75, 3.05) is 0 Å². The van der Waals surface area contributed by atoms with Crippen LogP contribution in [-0.4, -0.2) is 16.5 Å². The lowest BCUT2D eigenvalue weighted by Gasteiger charge is -2.49. The van der Waals surface area contributed by atoms with Gasteiger partial charge in [0.15, 0.2) is 0 Å². The molecule has 0 saturated heterocycles. The Hall–Kier alpha value is -0.370. The number of ketones is 1. The lowest BCUT2D eigenvalue weighted by atomic mass is 9.59. The Morgan fingerprint density at radius 2 is 2.00 bits per heavy atom. The molecule has 0 bridgehead atoms. The fraction of sp³-hybridized carbons (Fsp3) is 0.917. The van der Waals surface area contributed by atoms with E-state index in [2.05, 4.69) is 13.8 Å². The Morgan fingerprint density at radius 3 is 2.71 bits per heavy atom. The zero-order chi connectivity index (χ0) is 10.3. The average molecular weight is 196 g/mol. The zero-order valence-corrected chi connectivity index (χ0v) is 9.12. The molecule has 2 saturated carbocycles. The minimum atomic E-state index is -0.674. The Bertz CT molecular complexity index is 245. The van der Waals surface area contributed by atoms with Gasteiger partial charge < -0.3 is 5.11 Å². The Labute approximate surface area is 85.7 Å². The van der Waals surface area contributed by atoms with E-state index in [0.717, 1.165) is 12.8 Å². The summed E-state index contributed by atoms with van der Waals surface area (Å²) in [5.74, 6) is 1.48. The van der Waals surface area contributed by atoms with E-state index in [1.54, 1.807) is 0 Å². The third kappa shape index (κ3) is 1.40. The monoisotopic (exact) mass is 196 g/mol. The van der Waals surface area contributed by atoms with Crippen molar-refractivity contribution in [2.45, 2.75) is 51.6 Å². The average Bonchev–Trinajstić information content (AvgIpc) is 2.13. The molecule has 0 aromatic carbocycles. The van der Waals surface area contributed by atoms with Crippen molar-refractivity contribution in [3.05, 3.63) is 0 Å². The van der Waals surface area contributed by atoms with Crippen LogP contribution >= 0.6 is 0 Å². The van der Waals surface area contributed by atoms with E-state index in [9.17, 15) is 9.90 Å². The molecule has 1 N–H and O–H groups in total. The van der Waals surface area contributed by atoms with E-state index in [1.165, 1.54) is 6.42 Å². The second-order valence-electron chi connectivity index (χ2n) is 5.29. The predicted octanol–water partition coefficient (Wildman–Crippen LogP) is 2.15. The summed E-state index contributed by atoms with van der Waals surface area (Å²) < 4.78 is 0. The molecular formula is C12H20O2. The number of carbonyl (C=O) groups excluding carboxylic acids is 1. The first kappa shape index (κ1) is 10.2. The maximum Gasteiger partial charge on any atom is 0.135 e. The number of carbonyl (C=O) groups is 1. The molecule has 0 spiro atoms. The highest BCUT2D eigenvalue weighted by Crippen LogP contribution is 2.48. The summed E-state index contributed by atoms with van der Waals surface area (Å²) in [5.41, 5.74) is -0.674. The van der Waals surface area contributed by atoms with Crippen LogP contribution in [-0.2, 0) is 4.79 Å². The Balaban J connectivity index is 2.22. The molecule has 0 aromatic rings. The maximum atomic E-state index is 11.4. The predicted molar refractivity (Wildman–Crippen MR) is 54.9 cm³/mol. The zero-order valence-electron chi connectivity index (χ0n) is 9.12. The summed E-state index contributed by atoms with van der Waals surface area (Å²) >= 11 is 0. The molecule has 4 atom stereocenters. The van der Waals surface area contributed by atoms with Crippen molar-refractivity contribution < 1.29 is 9.90 Å². The highest BCUT2D eigenvalue weighted by molar-refractivity contribution is 5.80. The molecule has 2 rings (SSSR count). The van der Waals surface area contributed by atoms with E-state index < -0.39 is 5.60 Å². The topological polar surface area (TPSA) is 37.3 Å². The van der Waals surface area contributed by atoms with Gasteiger partial charge in [0.25, 0.3) is 0 Å². The fourth-order valence-electron chi connectivity index (χ4n) is 3.27. The van der Waals surface area contributed by atoms with E-state index >= 15 is 0 Å². The van der Waals surface area contributed by atoms with Crippen LogP contribution in [0.1, 0.15) is 46.0 Å². The van der Waals surface area contributed by atoms with Gasteiger partial charge in [0.05, 0.1) is 5.60 Å². The lowest BCUT2D eigenvalue weighted by Crippen LogP contribution is -2.53. The van der Waals surface area contributed by atoms with Gasteiger partial charge in [-0.15, -0.1) is 0 Å². The highest BCUT2D eigenvalue weighted by Gasteiger charge is 2.49. The van der Waals surface area contributed by atoms with Gasteiger partial charge >= 0.3 is 0 Å². The van der Waals surface area contributed by atoms with E-state index in [0.29, 0.717) is 24.7 Å². The fourth-order valence-corrected chi connectivity index (χ4v) is 3.27. The first-order chi connectivity index (χ1) is 6.54.